The zero-order valence-electron chi connectivity index (χ0n) is 14.3. The first kappa shape index (κ1) is 20.8. The molecule has 0 heterocycles. The van der Waals surface area contributed by atoms with Crippen molar-refractivity contribution in [2.45, 2.75) is 64.8 Å². The second kappa shape index (κ2) is 9.05. The van der Waals surface area contributed by atoms with Crippen molar-refractivity contribution < 1.29 is 13.2 Å². The van der Waals surface area contributed by atoms with Gasteiger partial charge in [-0.15, -0.1) is 0 Å². The Morgan fingerprint density at radius 1 is 1.33 bits per heavy atom. The average Bonchev–Trinajstić information content (AvgIpc) is 2.24. The Morgan fingerprint density at radius 3 is 2.38 bits per heavy atom. The standard InChI is InChI=1S/C14H33N3O3S/c1-12(2)20-11-8-13(15)17(5)10-7-9-14(3,4)16-21(6,18)19/h12-13,16H,7-11,15H2,1-6H3. The highest BCUT2D eigenvalue weighted by atomic mass is 32.2. The molecule has 6 nitrogen and oxygen atoms in total. The van der Waals surface area contributed by atoms with Crippen molar-refractivity contribution in [3.8, 4) is 0 Å². The maximum absolute atomic E-state index is 11.3. The molecular weight excluding hydrogens is 290 g/mol. The molecule has 0 aliphatic rings. The number of hydrogen-bond donors (Lipinski definition) is 2. The van der Waals surface area contributed by atoms with Gasteiger partial charge in [0.1, 0.15) is 0 Å². The minimum Gasteiger partial charge on any atom is -0.379 e. The molecule has 3 N–H and O–H groups in total. The van der Waals surface area contributed by atoms with Gasteiger partial charge in [-0.25, -0.2) is 13.1 Å². The van der Waals surface area contributed by atoms with Gasteiger partial charge in [0.25, 0.3) is 0 Å². The van der Waals surface area contributed by atoms with Gasteiger partial charge in [0.15, 0.2) is 0 Å². The molecule has 0 rings (SSSR count). The number of nitrogens with two attached hydrogens (primary N) is 1. The number of hydrogen-bond acceptors (Lipinski definition) is 5. The predicted octanol–water partition coefficient (Wildman–Crippen LogP) is 1.13. The minimum atomic E-state index is -3.17. The predicted molar refractivity (Wildman–Crippen MR) is 87.6 cm³/mol. The van der Waals surface area contributed by atoms with Crippen molar-refractivity contribution in [2.24, 2.45) is 5.73 Å². The lowest BCUT2D eigenvalue weighted by atomic mass is 10.00. The molecule has 0 saturated heterocycles. The monoisotopic (exact) mass is 323 g/mol. The Hall–Kier alpha value is -0.210. The zero-order chi connectivity index (χ0) is 16.7. The summed E-state index contributed by atoms with van der Waals surface area (Å²) in [5.41, 5.74) is 5.66. The fourth-order valence-corrected chi connectivity index (χ4v) is 3.24. The van der Waals surface area contributed by atoms with Gasteiger partial charge in [0.05, 0.1) is 18.5 Å². The highest BCUT2D eigenvalue weighted by Crippen LogP contribution is 2.13. The molecule has 0 radical (unpaired) electrons. The van der Waals surface area contributed by atoms with Crippen LogP contribution in [-0.4, -0.2) is 57.6 Å². The van der Waals surface area contributed by atoms with Crippen molar-refractivity contribution in [3.05, 3.63) is 0 Å². The number of rotatable bonds is 11. The molecule has 21 heavy (non-hydrogen) atoms. The third-order valence-electron chi connectivity index (χ3n) is 3.21. The topological polar surface area (TPSA) is 84.7 Å². The first-order valence-electron chi connectivity index (χ1n) is 7.49. The lowest BCUT2D eigenvalue weighted by molar-refractivity contribution is 0.0607. The van der Waals surface area contributed by atoms with E-state index in [0.29, 0.717) is 6.61 Å². The Kier molecular flexibility index (Phi) is 8.96. The first-order chi connectivity index (χ1) is 9.43. The van der Waals surface area contributed by atoms with Crippen LogP contribution in [0.1, 0.15) is 47.0 Å². The molecule has 0 saturated carbocycles. The molecule has 7 heteroatoms. The van der Waals surface area contributed by atoms with Crippen LogP contribution in [0.25, 0.3) is 0 Å². The van der Waals surface area contributed by atoms with E-state index in [1.807, 2.05) is 34.7 Å². The van der Waals surface area contributed by atoms with E-state index in [0.717, 1.165) is 25.8 Å². The van der Waals surface area contributed by atoms with Gasteiger partial charge >= 0.3 is 0 Å². The Labute approximate surface area is 130 Å². The quantitative estimate of drug-likeness (QED) is 0.557. The lowest BCUT2D eigenvalue weighted by Gasteiger charge is -2.28. The second-order valence-electron chi connectivity index (χ2n) is 6.62. The highest BCUT2D eigenvalue weighted by molar-refractivity contribution is 7.88. The van der Waals surface area contributed by atoms with Crippen LogP contribution < -0.4 is 10.5 Å². The van der Waals surface area contributed by atoms with Crippen LogP contribution in [0.4, 0.5) is 0 Å². The summed E-state index contributed by atoms with van der Waals surface area (Å²) in [6.07, 6.45) is 3.82. The molecule has 128 valence electrons. The fraction of sp³-hybridized carbons (Fsp3) is 1.00. The van der Waals surface area contributed by atoms with Crippen LogP contribution in [0.15, 0.2) is 0 Å². The van der Waals surface area contributed by atoms with Crippen LogP contribution in [0.2, 0.25) is 0 Å². The molecular formula is C14H33N3O3S. The van der Waals surface area contributed by atoms with Gasteiger partial charge in [-0.3, -0.25) is 4.90 Å². The summed E-state index contributed by atoms with van der Waals surface area (Å²) in [7, 11) is -1.19. The van der Waals surface area contributed by atoms with Crippen molar-refractivity contribution in [2.75, 3.05) is 26.5 Å². The normalized spacial score (nSPS) is 14.9. The van der Waals surface area contributed by atoms with Crippen LogP contribution in [0, 0.1) is 0 Å². The Bertz CT molecular complexity index is 383. The zero-order valence-corrected chi connectivity index (χ0v) is 15.2. The van der Waals surface area contributed by atoms with E-state index in [2.05, 4.69) is 9.62 Å². The second-order valence-corrected chi connectivity index (χ2v) is 8.37. The van der Waals surface area contributed by atoms with E-state index in [1.165, 1.54) is 6.26 Å². The molecule has 0 aliphatic carbocycles. The first-order valence-corrected chi connectivity index (χ1v) is 9.38. The van der Waals surface area contributed by atoms with Crippen LogP contribution in [0.5, 0.6) is 0 Å². The molecule has 1 atom stereocenters. The van der Waals surface area contributed by atoms with Gasteiger partial charge in [0, 0.05) is 12.1 Å². The molecule has 0 spiro atoms. The Balaban J connectivity index is 3.99. The van der Waals surface area contributed by atoms with Crippen molar-refractivity contribution in [1.29, 1.82) is 0 Å². The summed E-state index contributed by atoms with van der Waals surface area (Å²) in [6.45, 7) is 9.29. The lowest BCUT2D eigenvalue weighted by Crippen LogP contribution is -2.44. The highest BCUT2D eigenvalue weighted by Gasteiger charge is 2.22. The SMILES string of the molecule is CC(C)OCCC(N)N(C)CCCC(C)(C)NS(C)(=O)=O. The van der Waals surface area contributed by atoms with Crippen molar-refractivity contribution in [1.82, 2.24) is 9.62 Å². The van der Waals surface area contributed by atoms with Crippen molar-refractivity contribution >= 4 is 10.0 Å². The van der Waals surface area contributed by atoms with Gasteiger partial charge in [-0.2, -0.15) is 0 Å². The van der Waals surface area contributed by atoms with Crippen LogP contribution in [-0.2, 0) is 14.8 Å². The van der Waals surface area contributed by atoms with Gasteiger partial charge in [0.2, 0.25) is 10.0 Å². The summed E-state index contributed by atoms with van der Waals surface area (Å²) in [5, 5.41) is 0. The maximum atomic E-state index is 11.3. The van der Waals surface area contributed by atoms with E-state index in [4.69, 9.17) is 10.5 Å². The van der Waals surface area contributed by atoms with E-state index in [1.54, 1.807) is 0 Å². The third kappa shape index (κ3) is 12.1. The van der Waals surface area contributed by atoms with Gasteiger partial charge in [-0.1, -0.05) is 0 Å². The molecule has 0 amide bonds. The summed E-state index contributed by atoms with van der Waals surface area (Å²) in [6, 6.07) is 0. The Morgan fingerprint density at radius 2 is 1.90 bits per heavy atom. The molecule has 0 fully saturated rings. The molecule has 0 aliphatic heterocycles. The van der Waals surface area contributed by atoms with E-state index in [-0.39, 0.29) is 12.3 Å². The van der Waals surface area contributed by atoms with Crippen molar-refractivity contribution in [3.63, 3.8) is 0 Å². The average molecular weight is 324 g/mol. The van der Waals surface area contributed by atoms with Crippen LogP contribution in [0.3, 0.4) is 0 Å². The minimum absolute atomic E-state index is 0.0327. The molecule has 1 unspecified atom stereocenters. The molecule has 0 aromatic carbocycles. The molecule has 0 aromatic heterocycles. The third-order valence-corrected chi connectivity index (χ3v) is 4.13. The van der Waals surface area contributed by atoms with E-state index in [9.17, 15) is 8.42 Å². The number of ether oxygens (including phenoxy) is 1. The smallest absolute Gasteiger partial charge is 0.209 e. The van der Waals surface area contributed by atoms with E-state index < -0.39 is 15.6 Å². The summed E-state index contributed by atoms with van der Waals surface area (Å²) < 4.78 is 30.7. The molecule has 0 aromatic rings. The maximum Gasteiger partial charge on any atom is 0.209 e. The van der Waals surface area contributed by atoms with Crippen LogP contribution >= 0.6 is 0 Å². The summed E-state index contributed by atoms with van der Waals surface area (Å²) >= 11 is 0. The number of nitrogens with one attached hydrogen (secondary N) is 1. The fourth-order valence-electron chi connectivity index (χ4n) is 2.13. The largest absolute Gasteiger partial charge is 0.379 e. The molecule has 0 bridgehead atoms. The number of nitrogens with zero attached hydrogens (tertiary/aromatic N) is 1. The van der Waals surface area contributed by atoms with E-state index >= 15 is 0 Å². The summed E-state index contributed by atoms with van der Waals surface area (Å²) in [5.74, 6) is 0. The van der Waals surface area contributed by atoms with Gasteiger partial charge in [-0.05, 0) is 60.5 Å². The summed E-state index contributed by atoms with van der Waals surface area (Å²) in [4.78, 5) is 2.08. The number of sulfonamides is 1. The van der Waals surface area contributed by atoms with Gasteiger partial charge < -0.3 is 10.5 Å².